The molecule has 4 aromatic rings. The van der Waals surface area contributed by atoms with Crippen LogP contribution in [-0.4, -0.2) is 31.6 Å². The smallest absolute Gasteiger partial charge is 0.226 e. The van der Waals surface area contributed by atoms with E-state index in [1.807, 2.05) is 31.2 Å². The number of rotatable bonds is 7. The van der Waals surface area contributed by atoms with Gasteiger partial charge in [0, 0.05) is 12.5 Å². The maximum Gasteiger partial charge on any atom is 0.226 e. The van der Waals surface area contributed by atoms with Crippen LogP contribution in [0.15, 0.2) is 58.1 Å². The van der Waals surface area contributed by atoms with E-state index in [1.54, 1.807) is 29.7 Å². The number of halogens is 1. The summed E-state index contributed by atoms with van der Waals surface area (Å²) in [5.41, 5.74) is 1.16. The molecule has 2 heterocycles. The van der Waals surface area contributed by atoms with E-state index in [2.05, 4.69) is 20.4 Å². The summed E-state index contributed by atoms with van der Waals surface area (Å²) in [4.78, 5) is 0. The first-order valence-electron chi connectivity index (χ1n) is 9.01. The minimum atomic E-state index is -0.366. The van der Waals surface area contributed by atoms with Crippen molar-refractivity contribution in [1.29, 1.82) is 0 Å². The lowest BCUT2D eigenvalue weighted by atomic mass is 10.2. The monoisotopic (exact) mass is 411 g/mol. The van der Waals surface area contributed by atoms with Gasteiger partial charge in [-0.15, -0.1) is 20.4 Å². The van der Waals surface area contributed by atoms with E-state index in [4.69, 9.17) is 9.15 Å². The topological polar surface area (TPSA) is 78.9 Å². The molecule has 0 aliphatic rings. The molecule has 0 saturated heterocycles. The minimum Gasteiger partial charge on any atom is -0.494 e. The zero-order chi connectivity index (χ0) is 20.2. The molecular formula is C20H18FN5O2S. The van der Waals surface area contributed by atoms with Gasteiger partial charge in [0.1, 0.15) is 11.6 Å². The number of hydrogen-bond acceptors (Lipinski definition) is 7. The van der Waals surface area contributed by atoms with Gasteiger partial charge in [-0.25, -0.2) is 4.39 Å². The van der Waals surface area contributed by atoms with Gasteiger partial charge in [0.25, 0.3) is 0 Å². The molecule has 9 heteroatoms. The van der Waals surface area contributed by atoms with Gasteiger partial charge in [0.15, 0.2) is 11.0 Å². The van der Waals surface area contributed by atoms with Gasteiger partial charge in [-0.2, -0.15) is 0 Å². The van der Waals surface area contributed by atoms with Crippen molar-refractivity contribution in [2.75, 3.05) is 6.61 Å². The van der Waals surface area contributed by atoms with E-state index in [0.29, 0.717) is 40.8 Å². The van der Waals surface area contributed by atoms with Crippen LogP contribution in [0.5, 0.6) is 5.75 Å². The highest BCUT2D eigenvalue weighted by Crippen LogP contribution is 2.31. The van der Waals surface area contributed by atoms with Crippen LogP contribution in [0.4, 0.5) is 4.39 Å². The van der Waals surface area contributed by atoms with Crippen molar-refractivity contribution in [2.45, 2.75) is 24.8 Å². The normalized spacial score (nSPS) is 11.0. The Kier molecular flexibility index (Phi) is 5.57. The van der Waals surface area contributed by atoms with Gasteiger partial charge in [0.2, 0.25) is 11.8 Å². The maximum atomic E-state index is 14.6. The SMILES string of the molecule is CCOc1ccc(-c2nnc(SCc3nnc(C)o3)n2-c2ccccc2F)cc1. The molecule has 0 saturated carbocycles. The second-order valence-electron chi connectivity index (χ2n) is 6.05. The highest BCUT2D eigenvalue weighted by Gasteiger charge is 2.19. The third-order valence-electron chi connectivity index (χ3n) is 4.04. The molecule has 0 unspecified atom stereocenters. The van der Waals surface area contributed by atoms with Gasteiger partial charge < -0.3 is 9.15 Å². The number of benzene rings is 2. The first-order valence-corrected chi connectivity index (χ1v) is 9.99. The fourth-order valence-electron chi connectivity index (χ4n) is 2.79. The zero-order valence-corrected chi connectivity index (χ0v) is 16.7. The second kappa shape index (κ2) is 8.44. The first kappa shape index (κ1) is 19.1. The largest absolute Gasteiger partial charge is 0.494 e. The van der Waals surface area contributed by atoms with Crippen LogP contribution in [0.1, 0.15) is 18.7 Å². The minimum absolute atomic E-state index is 0.366. The van der Waals surface area contributed by atoms with E-state index >= 15 is 0 Å². The molecule has 7 nitrogen and oxygen atoms in total. The molecule has 0 N–H and O–H groups in total. The standard InChI is InChI=1S/C20H18FN5O2S/c1-3-27-15-10-8-14(9-11-15)19-24-25-20(29-12-18-23-22-13(2)28-18)26(19)17-7-5-4-6-16(17)21/h4-11H,3,12H2,1-2H3. The molecule has 0 spiro atoms. The molecule has 0 bridgehead atoms. The number of hydrogen-bond donors (Lipinski definition) is 0. The van der Waals surface area contributed by atoms with E-state index < -0.39 is 0 Å². The van der Waals surface area contributed by atoms with E-state index in [-0.39, 0.29) is 5.82 Å². The Morgan fingerprint density at radius 3 is 2.52 bits per heavy atom. The highest BCUT2D eigenvalue weighted by atomic mass is 32.2. The lowest BCUT2D eigenvalue weighted by molar-refractivity contribution is 0.340. The molecule has 148 valence electrons. The third-order valence-corrected chi connectivity index (χ3v) is 4.96. The predicted molar refractivity (Wildman–Crippen MR) is 107 cm³/mol. The number of nitrogens with zero attached hydrogens (tertiary/aromatic N) is 5. The average molecular weight is 411 g/mol. The van der Waals surface area contributed by atoms with Crippen molar-refractivity contribution in [3.05, 3.63) is 66.1 Å². The summed E-state index contributed by atoms with van der Waals surface area (Å²) >= 11 is 1.35. The molecule has 2 aromatic carbocycles. The molecule has 2 aromatic heterocycles. The summed E-state index contributed by atoms with van der Waals surface area (Å²) in [6, 6.07) is 14.0. The van der Waals surface area contributed by atoms with Crippen LogP contribution in [0.3, 0.4) is 0 Å². The van der Waals surface area contributed by atoms with Gasteiger partial charge in [-0.3, -0.25) is 4.57 Å². The fraction of sp³-hybridized carbons (Fsp3) is 0.200. The molecule has 0 radical (unpaired) electrons. The number of aromatic nitrogens is 5. The Morgan fingerprint density at radius 1 is 1.03 bits per heavy atom. The molecule has 29 heavy (non-hydrogen) atoms. The molecule has 0 fully saturated rings. The summed E-state index contributed by atoms with van der Waals surface area (Å²) in [5, 5.41) is 16.9. The molecule has 0 amide bonds. The highest BCUT2D eigenvalue weighted by molar-refractivity contribution is 7.98. The maximum absolute atomic E-state index is 14.6. The van der Waals surface area contributed by atoms with Crippen LogP contribution in [0.2, 0.25) is 0 Å². The summed E-state index contributed by atoms with van der Waals surface area (Å²) < 4.78 is 27.2. The summed E-state index contributed by atoms with van der Waals surface area (Å²) in [7, 11) is 0. The summed E-state index contributed by atoms with van der Waals surface area (Å²) in [5.74, 6) is 2.29. The first-order chi connectivity index (χ1) is 14.2. The van der Waals surface area contributed by atoms with Crippen molar-refractivity contribution in [1.82, 2.24) is 25.0 Å². The lowest BCUT2D eigenvalue weighted by Crippen LogP contribution is -2.02. The molecule has 0 aliphatic carbocycles. The van der Waals surface area contributed by atoms with Crippen LogP contribution >= 0.6 is 11.8 Å². The van der Waals surface area contributed by atoms with Crippen LogP contribution in [0, 0.1) is 12.7 Å². The second-order valence-corrected chi connectivity index (χ2v) is 7.00. The van der Waals surface area contributed by atoms with Crippen LogP contribution in [-0.2, 0) is 5.75 Å². The Hall–Kier alpha value is -3.20. The van der Waals surface area contributed by atoms with E-state index in [9.17, 15) is 4.39 Å². The Labute approximate surface area is 170 Å². The van der Waals surface area contributed by atoms with Crippen molar-refractivity contribution in [2.24, 2.45) is 0 Å². The third kappa shape index (κ3) is 4.14. The number of para-hydroxylation sites is 1. The van der Waals surface area contributed by atoms with E-state index in [1.165, 1.54) is 17.8 Å². The quantitative estimate of drug-likeness (QED) is 0.416. The van der Waals surface area contributed by atoms with Gasteiger partial charge in [-0.05, 0) is 43.3 Å². The van der Waals surface area contributed by atoms with Crippen LogP contribution < -0.4 is 4.74 Å². The predicted octanol–water partition coefficient (Wildman–Crippen LogP) is 4.46. The van der Waals surface area contributed by atoms with Crippen molar-refractivity contribution < 1.29 is 13.5 Å². The summed E-state index contributed by atoms with van der Waals surface area (Å²) in [6.07, 6.45) is 0. The molecule has 4 rings (SSSR count). The average Bonchev–Trinajstić information content (AvgIpc) is 3.34. The Balaban J connectivity index is 1.73. The Morgan fingerprint density at radius 2 is 1.83 bits per heavy atom. The number of thioether (sulfide) groups is 1. The van der Waals surface area contributed by atoms with Crippen molar-refractivity contribution >= 4 is 11.8 Å². The van der Waals surface area contributed by atoms with Gasteiger partial charge in [0.05, 0.1) is 18.0 Å². The number of ether oxygens (including phenoxy) is 1. The van der Waals surface area contributed by atoms with Crippen molar-refractivity contribution in [3.63, 3.8) is 0 Å². The molecule has 0 atom stereocenters. The summed E-state index contributed by atoms with van der Waals surface area (Å²) in [6.45, 7) is 4.24. The molecule has 0 aliphatic heterocycles. The zero-order valence-electron chi connectivity index (χ0n) is 15.9. The van der Waals surface area contributed by atoms with Gasteiger partial charge >= 0.3 is 0 Å². The molecular weight excluding hydrogens is 393 g/mol. The number of aryl methyl sites for hydroxylation is 1. The lowest BCUT2D eigenvalue weighted by Gasteiger charge is -2.11. The van der Waals surface area contributed by atoms with Crippen molar-refractivity contribution in [3.8, 4) is 22.8 Å². The van der Waals surface area contributed by atoms with E-state index in [0.717, 1.165) is 11.3 Å². The fourth-order valence-corrected chi connectivity index (χ4v) is 3.57. The van der Waals surface area contributed by atoms with Crippen LogP contribution in [0.25, 0.3) is 17.1 Å². The van der Waals surface area contributed by atoms with Gasteiger partial charge in [-0.1, -0.05) is 23.9 Å². The Bertz CT molecular complexity index is 1110.